The van der Waals surface area contributed by atoms with Crippen molar-refractivity contribution in [2.45, 2.75) is 19.3 Å². The average Bonchev–Trinajstić information content (AvgIpc) is 3.21. The molecule has 0 bridgehead atoms. The molecule has 6 heteroatoms. The number of carbonyl (C=O) groups is 2. The molecule has 1 N–H and O–H groups in total. The Bertz CT molecular complexity index is 579. The number of amides is 1. The number of rotatable bonds is 3. The summed E-state index contributed by atoms with van der Waals surface area (Å²) in [6, 6.07) is 3.33. The summed E-state index contributed by atoms with van der Waals surface area (Å²) in [4.78, 5) is 29.3. The van der Waals surface area contributed by atoms with Crippen LogP contribution in [0, 0.1) is 11.3 Å². The summed E-state index contributed by atoms with van der Waals surface area (Å²) in [5.74, 6) is -0.430. The van der Waals surface area contributed by atoms with Gasteiger partial charge in [0.2, 0.25) is 0 Å². The number of carboxylic acids is 1. The smallest absolute Gasteiger partial charge is 0.307 e. The highest BCUT2D eigenvalue weighted by Gasteiger charge is 2.59. The van der Waals surface area contributed by atoms with Crippen molar-refractivity contribution < 1.29 is 19.4 Å². The summed E-state index contributed by atoms with van der Waals surface area (Å²) < 4.78 is 5.10. The highest BCUT2D eigenvalue weighted by atomic mass is 16.5. The van der Waals surface area contributed by atoms with Gasteiger partial charge in [-0.05, 0) is 30.7 Å². The third-order valence-corrected chi connectivity index (χ3v) is 4.72. The van der Waals surface area contributed by atoms with Gasteiger partial charge in [0.15, 0.2) is 0 Å². The van der Waals surface area contributed by atoms with Gasteiger partial charge in [-0.2, -0.15) is 0 Å². The third-order valence-electron chi connectivity index (χ3n) is 4.72. The van der Waals surface area contributed by atoms with Crippen LogP contribution < -0.4 is 4.74 Å². The van der Waals surface area contributed by atoms with E-state index in [0.717, 1.165) is 19.3 Å². The predicted molar refractivity (Wildman–Crippen MR) is 74.1 cm³/mol. The molecule has 1 spiro atoms. The van der Waals surface area contributed by atoms with Crippen molar-refractivity contribution in [3.05, 3.63) is 24.0 Å². The second-order valence-corrected chi connectivity index (χ2v) is 5.83. The fourth-order valence-electron chi connectivity index (χ4n) is 3.22. The van der Waals surface area contributed by atoms with Crippen LogP contribution >= 0.6 is 0 Å². The molecule has 1 saturated carbocycles. The van der Waals surface area contributed by atoms with E-state index in [1.807, 2.05) is 0 Å². The van der Waals surface area contributed by atoms with Crippen LogP contribution in [0.4, 0.5) is 0 Å². The Hall–Kier alpha value is -2.11. The van der Waals surface area contributed by atoms with Gasteiger partial charge in [0.1, 0.15) is 11.4 Å². The summed E-state index contributed by atoms with van der Waals surface area (Å²) >= 11 is 0. The van der Waals surface area contributed by atoms with Gasteiger partial charge in [-0.1, -0.05) is 0 Å². The topological polar surface area (TPSA) is 79.7 Å². The lowest BCUT2D eigenvalue weighted by molar-refractivity contribution is -0.139. The van der Waals surface area contributed by atoms with Gasteiger partial charge >= 0.3 is 5.97 Å². The molecule has 2 fully saturated rings. The van der Waals surface area contributed by atoms with Crippen LogP contribution in [0.2, 0.25) is 0 Å². The van der Waals surface area contributed by atoms with Gasteiger partial charge < -0.3 is 14.7 Å². The van der Waals surface area contributed by atoms with E-state index in [1.165, 1.54) is 0 Å². The Morgan fingerprint density at radius 3 is 2.71 bits per heavy atom. The second-order valence-electron chi connectivity index (χ2n) is 5.83. The molecule has 1 aromatic rings. The highest BCUT2D eigenvalue weighted by molar-refractivity contribution is 5.92. The number of ether oxygens (including phenoxy) is 1. The van der Waals surface area contributed by atoms with Crippen LogP contribution in [0.5, 0.6) is 5.75 Å². The molecular formula is C15H18N2O4. The predicted octanol–water partition coefficient (Wildman–Crippen LogP) is 1.42. The van der Waals surface area contributed by atoms with Crippen molar-refractivity contribution in [2.75, 3.05) is 20.2 Å². The molecule has 1 unspecified atom stereocenters. The minimum Gasteiger partial charge on any atom is -0.497 e. The summed E-state index contributed by atoms with van der Waals surface area (Å²) in [7, 11) is 1.55. The molecule has 1 amide bonds. The standard InChI is InChI=1S/C15H18N2O4/c1-21-10-2-5-16-12(8-10)13(18)17-6-3-15(4-7-17)9-11(15)14(19)20/h2,5,8,11H,3-4,6-7,9H2,1H3,(H,19,20). The van der Waals surface area contributed by atoms with E-state index in [9.17, 15) is 9.59 Å². The fourth-order valence-corrected chi connectivity index (χ4v) is 3.22. The van der Waals surface area contributed by atoms with Crippen molar-refractivity contribution in [2.24, 2.45) is 11.3 Å². The zero-order valence-corrected chi connectivity index (χ0v) is 11.9. The highest BCUT2D eigenvalue weighted by Crippen LogP contribution is 2.59. The zero-order valence-electron chi connectivity index (χ0n) is 11.9. The number of aromatic nitrogens is 1. The largest absolute Gasteiger partial charge is 0.497 e. The van der Waals surface area contributed by atoms with Crippen LogP contribution in [0.25, 0.3) is 0 Å². The van der Waals surface area contributed by atoms with Crippen molar-refractivity contribution in [1.82, 2.24) is 9.88 Å². The molecule has 21 heavy (non-hydrogen) atoms. The van der Waals surface area contributed by atoms with Gasteiger partial charge in [0, 0.05) is 25.4 Å². The molecule has 1 aliphatic carbocycles. The lowest BCUT2D eigenvalue weighted by Gasteiger charge is -2.32. The Morgan fingerprint density at radius 1 is 1.43 bits per heavy atom. The van der Waals surface area contributed by atoms with E-state index < -0.39 is 5.97 Å². The molecule has 1 aliphatic heterocycles. The first-order valence-electron chi connectivity index (χ1n) is 7.08. The van der Waals surface area contributed by atoms with Crippen LogP contribution in [-0.4, -0.2) is 47.1 Å². The number of methoxy groups -OCH3 is 1. The Labute approximate surface area is 122 Å². The number of carbonyl (C=O) groups excluding carboxylic acids is 1. The molecule has 0 aromatic carbocycles. The fraction of sp³-hybridized carbons (Fsp3) is 0.533. The van der Waals surface area contributed by atoms with E-state index >= 15 is 0 Å². The van der Waals surface area contributed by atoms with Crippen LogP contribution in [0.1, 0.15) is 29.8 Å². The minimum absolute atomic E-state index is 0.0651. The van der Waals surface area contributed by atoms with Crippen LogP contribution in [0.3, 0.4) is 0 Å². The molecule has 3 rings (SSSR count). The molecule has 2 aliphatic rings. The van der Waals surface area contributed by atoms with E-state index in [-0.39, 0.29) is 17.2 Å². The molecule has 1 aromatic heterocycles. The maximum Gasteiger partial charge on any atom is 0.307 e. The normalized spacial score (nSPS) is 22.9. The maximum absolute atomic E-state index is 12.4. The maximum atomic E-state index is 12.4. The lowest BCUT2D eigenvalue weighted by Crippen LogP contribution is -2.40. The first-order chi connectivity index (χ1) is 10.1. The van der Waals surface area contributed by atoms with Crippen molar-refractivity contribution in [3.8, 4) is 5.75 Å². The Balaban J connectivity index is 1.64. The van der Waals surface area contributed by atoms with Crippen LogP contribution in [-0.2, 0) is 4.79 Å². The molecule has 1 atom stereocenters. The third kappa shape index (κ3) is 2.46. The molecule has 1 saturated heterocycles. The summed E-state index contributed by atoms with van der Waals surface area (Å²) in [6.45, 7) is 1.20. The number of hydrogen-bond donors (Lipinski definition) is 1. The average molecular weight is 290 g/mol. The minimum atomic E-state index is -0.704. The number of likely N-dealkylation sites (tertiary alicyclic amines) is 1. The van der Waals surface area contributed by atoms with Gasteiger partial charge in [-0.3, -0.25) is 14.6 Å². The van der Waals surface area contributed by atoms with Crippen molar-refractivity contribution in [1.29, 1.82) is 0 Å². The van der Waals surface area contributed by atoms with Gasteiger partial charge in [-0.25, -0.2) is 0 Å². The number of pyridine rings is 1. The van der Waals surface area contributed by atoms with Gasteiger partial charge in [-0.15, -0.1) is 0 Å². The number of piperidine rings is 1. The number of nitrogens with zero attached hydrogens (tertiary/aromatic N) is 2. The van der Waals surface area contributed by atoms with Gasteiger partial charge in [0.05, 0.1) is 13.0 Å². The van der Waals surface area contributed by atoms with Crippen molar-refractivity contribution >= 4 is 11.9 Å². The molecular weight excluding hydrogens is 272 g/mol. The summed E-state index contributed by atoms with van der Waals surface area (Å²) in [5, 5.41) is 9.08. The lowest BCUT2D eigenvalue weighted by atomic mass is 9.90. The Kier molecular flexibility index (Phi) is 3.31. The molecule has 0 radical (unpaired) electrons. The molecule has 2 heterocycles. The van der Waals surface area contributed by atoms with E-state index in [2.05, 4.69) is 4.98 Å². The number of carboxylic acid groups (broad SMARTS) is 1. The van der Waals surface area contributed by atoms with E-state index in [0.29, 0.717) is 24.5 Å². The second kappa shape index (κ2) is 5.02. The summed E-state index contributed by atoms with van der Waals surface area (Å²) in [5.41, 5.74) is 0.306. The quantitative estimate of drug-likeness (QED) is 0.910. The number of aliphatic carboxylic acids is 1. The number of hydrogen-bond acceptors (Lipinski definition) is 4. The van der Waals surface area contributed by atoms with E-state index in [4.69, 9.17) is 9.84 Å². The first kappa shape index (κ1) is 13.9. The van der Waals surface area contributed by atoms with Gasteiger partial charge in [0.25, 0.3) is 5.91 Å². The zero-order chi connectivity index (χ0) is 15.0. The van der Waals surface area contributed by atoms with E-state index in [1.54, 1.807) is 30.3 Å². The first-order valence-corrected chi connectivity index (χ1v) is 7.08. The summed E-state index contributed by atoms with van der Waals surface area (Å²) in [6.07, 6.45) is 3.83. The molecule has 6 nitrogen and oxygen atoms in total. The SMILES string of the molecule is COc1ccnc(C(=O)N2CCC3(CC2)CC3C(=O)O)c1. The monoisotopic (exact) mass is 290 g/mol. The van der Waals surface area contributed by atoms with Crippen LogP contribution in [0.15, 0.2) is 18.3 Å². The Morgan fingerprint density at radius 2 is 2.14 bits per heavy atom. The molecule has 112 valence electrons. The van der Waals surface area contributed by atoms with Crippen molar-refractivity contribution in [3.63, 3.8) is 0 Å².